The van der Waals surface area contributed by atoms with Crippen LogP contribution in [0.3, 0.4) is 0 Å². The average molecular weight is 426 g/mol. The molecule has 0 N–H and O–H groups in total. The molecule has 0 unspecified atom stereocenters. The molecule has 8 heteroatoms. The Morgan fingerprint density at radius 1 is 0.710 bits per heavy atom. The predicted molar refractivity (Wildman–Crippen MR) is 114 cm³/mol. The third kappa shape index (κ3) is 5.75. The van der Waals surface area contributed by atoms with Crippen LogP contribution < -0.4 is 9.47 Å². The molecule has 0 aliphatic carbocycles. The highest BCUT2D eigenvalue weighted by Gasteiger charge is 2.25. The summed E-state index contributed by atoms with van der Waals surface area (Å²) < 4.78 is 15.1. The van der Waals surface area contributed by atoms with Crippen LogP contribution in [0.4, 0.5) is 4.79 Å². The minimum absolute atomic E-state index is 0.0596. The average Bonchev–Trinajstić information content (AvgIpc) is 2.80. The van der Waals surface area contributed by atoms with E-state index in [0.29, 0.717) is 49.7 Å². The normalized spacial score (nSPS) is 13.5. The first-order valence-corrected chi connectivity index (χ1v) is 10.3. The molecule has 3 rings (SSSR count). The minimum atomic E-state index is -0.783. The smallest absolute Gasteiger partial charge is 0.494 e. The Hall–Kier alpha value is -3.55. The van der Waals surface area contributed by atoms with Gasteiger partial charge in [0.15, 0.2) is 0 Å². The Labute approximate surface area is 181 Å². The van der Waals surface area contributed by atoms with E-state index >= 15 is 0 Å². The summed E-state index contributed by atoms with van der Waals surface area (Å²) in [6, 6.07) is 13.4. The lowest BCUT2D eigenvalue weighted by molar-refractivity contribution is 0.0535. The lowest BCUT2D eigenvalue weighted by Crippen LogP contribution is -2.50. The quantitative estimate of drug-likeness (QED) is 0.521. The summed E-state index contributed by atoms with van der Waals surface area (Å²) >= 11 is 0. The van der Waals surface area contributed by atoms with E-state index in [-0.39, 0.29) is 18.4 Å². The molecule has 0 saturated carbocycles. The summed E-state index contributed by atoms with van der Waals surface area (Å²) in [5.41, 5.74) is 1.09. The molecule has 0 atom stereocenters. The Balaban J connectivity index is 1.53. The van der Waals surface area contributed by atoms with Crippen molar-refractivity contribution in [3.63, 3.8) is 0 Å². The maximum atomic E-state index is 12.8. The summed E-state index contributed by atoms with van der Waals surface area (Å²) in [6.45, 7) is 6.21. The van der Waals surface area contributed by atoms with Crippen molar-refractivity contribution in [1.29, 1.82) is 0 Å². The summed E-state index contributed by atoms with van der Waals surface area (Å²) in [5, 5.41) is 0. The summed E-state index contributed by atoms with van der Waals surface area (Å²) in [7, 11) is 0. The molecule has 164 valence electrons. The molecule has 1 heterocycles. The SMILES string of the molecule is CCOC(=O)Oc1ccc(C(=O)N2CCN(C(=O)c3ccc(OCC)cc3)CC2)cc1. The van der Waals surface area contributed by atoms with Crippen LogP contribution in [0.5, 0.6) is 11.5 Å². The number of amides is 2. The van der Waals surface area contributed by atoms with Crippen LogP contribution >= 0.6 is 0 Å². The highest BCUT2D eigenvalue weighted by molar-refractivity contribution is 5.96. The second-order valence-electron chi connectivity index (χ2n) is 6.85. The zero-order valence-corrected chi connectivity index (χ0v) is 17.7. The Morgan fingerprint density at radius 3 is 1.58 bits per heavy atom. The number of nitrogens with zero attached hydrogens (tertiary/aromatic N) is 2. The third-order valence-corrected chi connectivity index (χ3v) is 4.83. The number of hydrogen-bond donors (Lipinski definition) is 0. The van der Waals surface area contributed by atoms with Gasteiger partial charge in [0.1, 0.15) is 11.5 Å². The summed E-state index contributed by atoms with van der Waals surface area (Å²) in [5.74, 6) is 0.848. The molecule has 1 saturated heterocycles. The van der Waals surface area contributed by atoms with Gasteiger partial charge in [0.05, 0.1) is 13.2 Å². The third-order valence-electron chi connectivity index (χ3n) is 4.83. The van der Waals surface area contributed by atoms with Gasteiger partial charge in [-0.25, -0.2) is 4.79 Å². The predicted octanol–water partition coefficient (Wildman–Crippen LogP) is 3.22. The van der Waals surface area contributed by atoms with E-state index in [9.17, 15) is 14.4 Å². The van der Waals surface area contributed by atoms with Gasteiger partial charge in [-0.2, -0.15) is 0 Å². The number of carbonyl (C=O) groups excluding carboxylic acids is 3. The maximum Gasteiger partial charge on any atom is 0.513 e. The van der Waals surface area contributed by atoms with E-state index in [0.717, 1.165) is 5.75 Å². The first kappa shape index (κ1) is 22.1. The van der Waals surface area contributed by atoms with Gasteiger partial charge in [-0.15, -0.1) is 0 Å². The first-order chi connectivity index (χ1) is 15.0. The van der Waals surface area contributed by atoms with Crippen molar-refractivity contribution in [1.82, 2.24) is 9.80 Å². The van der Waals surface area contributed by atoms with Crippen molar-refractivity contribution in [2.75, 3.05) is 39.4 Å². The lowest BCUT2D eigenvalue weighted by atomic mass is 10.1. The summed E-state index contributed by atoms with van der Waals surface area (Å²) in [6.07, 6.45) is -0.783. The van der Waals surface area contributed by atoms with Crippen molar-refractivity contribution in [2.24, 2.45) is 0 Å². The van der Waals surface area contributed by atoms with E-state index in [2.05, 4.69) is 0 Å². The molecule has 0 bridgehead atoms. The van der Waals surface area contributed by atoms with Gasteiger partial charge < -0.3 is 24.0 Å². The van der Waals surface area contributed by atoms with Crippen LogP contribution in [0.2, 0.25) is 0 Å². The van der Waals surface area contributed by atoms with Gasteiger partial charge in [0.25, 0.3) is 11.8 Å². The zero-order valence-electron chi connectivity index (χ0n) is 17.7. The molecule has 2 aromatic rings. The minimum Gasteiger partial charge on any atom is -0.494 e. The number of ether oxygens (including phenoxy) is 3. The van der Waals surface area contributed by atoms with E-state index in [1.165, 1.54) is 0 Å². The highest BCUT2D eigenvalue weighted by atomic mass is 16.7. The van der Waals surface area contributed by atoms with Crippen LogP contribution in [-0.2, 0) is 4.74 Å². The molecule has 2 aromatic carbocycles. The van der Waals surface area contributed by atoms with Crippen molar-refractivity contribution in [3.8, 4) is 11.5 Å². The fourth-order valence-corrected chi connectivity index (χ4v) is 3.25. The van der Waals surface area contributed by atoms with E-state index in [1.807, 2.05) is 6.92 Å². The number of rotatable bonds is 6. The van der Waals surface area contributed by atoms with Crippen LogP contribution in [0, 0.1) is 0 Å². The Kier molecular flexibility index (Phi) is 7.48. The molecule has 31 heavy (non-hydrogen) atoms. The molecule has 0 aromatic heterocycles. The lowest BCUT2D eigenvalue weighted by Gasteiger charge is -2.35. The van der Waals surface area contributed by atoms with E-state index in [1.54, 1.807) is 65.3 Å². The monoisotopic (exact) mass is 426 g/mol. The van der Waals surface area contributed by atoms with Crippen molar-refractivity contribution >= 4 is 18.0 Å². The fraction of sp³-hybridized carbons (Fsp3) is 0.348. The molecule has 0 spiro atoms. The van der Waals surface area contributed by atoms with Gasteiger partial charge in [-0.1, -0.05) is 0 Å². The van der Waals surface area contributed by atoms with Gasteiger partial charge in [0.2, 0.25) is 0 Å². The highest BCUT2D eigenvalue weighted by Crippen LogP contribution is 2.17. The second kappa shape index (κ2) is 10.5. The molecule has 1 fully saturated rings. The van der Waals surface area contributed by atoms with Crippen molar-refractivity contribution in [2.45, 2.75) is 13.8 Å². The fourth-order valence-electron chi connectivity index (χ4n) is 3.25. The first-order valence-electron chi connectivity index (χ1n) is 10.3. The molecule has 1 aliphatic heterocycles. The molecule has 8 nitrogen and oxygen atoms in total. The molecule has 0 radical (unpaired) electrons. The van der Waals surface area contributed by atoms with Crippen LogP contribution in [0.15, 0.2) is 48.5 Å². The van der Waals surface area contributed by atoms with Crippen LogP contribution in [-0.4, -0.2) is 67.2 Å². The van der Waals surface area contributed by atoms with E-state index in [4.69, 9.17) is 14.2 Å². The van der Waals surface area contributed by atoms with Crippen molar-refractivity contribution < 1.29 is 28.6 Å². The molecular formula is C23H26N2O6. The van der Waals surface area contributed by atoms with E-state index < -0.39 is 6.16 Å². The molecule has 2 amide bonds. The number of piperazine rings is 1. The number of hydrogen-bond acceptors (Lipinski definition) is 6. The largest absolute Gasteiger partial charge is 0.513 e. The standard InChI is InChI=1S/C23H26N2O6/c1-3-29-19-9-5-17(6-10-19)21(26)24-13-15-25(16-14-24)22(27)18-7-11-20(12-8-18)31-23(28)30-4-2/h5-12H,3-4,13-16H2,1-2H3. The zero-order chi connectivity index (χ0) is 22.2. The Morgan fingerprint density at radius 2 is 1.16 bits per heavy atom. The van der Waals surface area contributed by atoms with Gasteiger partial charge in [0, 0.05) is 37.3 Å². The maximum absolute atomic E-state index is 12.8. The number of carbonyl (C=O) groups is 3. The Bertz CT molecular complexity index is 903. The van der Waals surface area contributed by atoms with Crippen molar-refractivity contribution in [3.05, 3.63) is 59.7 Å². The molecular weight excluding hydrogens is 400 g/mol. The van der Waals surface area contributed by atoms with Crippen LogP contribution in [0.1, 0.15) is 34.6 Å². The number of benzene rings is 2. The van der Waals surface area contributed by atoms with Gasteiger partial charge in [-0.3, -0.25) is 9.59 Å². The summed E-state index contributed by atoms with van der Waals surface area (Å²) in [4.78, 5) is 40.3. The molecule has 1 aliphatic rings. The topological polar surface area (TPSA) is 85.4 Å². The van der Waals surface area contributed by atoms with Gasteiger partial charge in [-0.05, 0) is 62.4 Å². The van der Waals surface area contributed by atoms with Gasteiger partial charge >= 0.3 is 6.16 Å². The second-order valence-corrected chi connectivity index (χ2v) is 6.85. The van der Waals surface area contributed by atoms with Crippen LogP contribution in [0.25, 0.3) is 0 Å².